The number of carboxylic acid groups (broad SMARTS) is 1. The number of hydrogen-bond acceptors (Lipinski definition) is 5. The molecule has 1 aromatic rings. The van der Waals surface area contributed by atoms with Crippen LogP contribution >= 0.6 is 0 Å². The molecule has 0 aliphatic heterocycles. The van der Waals surface area contributed by atoms with Gasteiger partial charge in [-0.25, -0.2) is 4.98 Å². The number of pyridine rings is 1. The molecule has 0 saturated heterocycles. The van der Waals surface area contributed by atoms with E-state index >= 15 is 0 Å². The maximum Gasteiger partial charge on any atom is 0.305 e. The van der Waals surface area contributed by atoms with Crippen molar-refractivity contribution in [2.45, 2.75) is 19.4 Å². The van der Waals surface area contributed by atoms with Crippen molar-refractivity contribution in [1.82, 2.24) is 10.3 Å². The first-order chi connectivity index (χ1) is 8.45. The minimum Gasteiger partial charge on any atom is -0.503 e. The number of carbonyl (C=O) groups excluding carboxylic acids is 1. The average Bonchev–Trinajstić information content (AvgIpc) is 2.27. The SMILES string of the molecule is COc1ccnc(C(=O)NC(C)CC(=O)O)c1O. The Morgan fingerprint density at radius 1 is 1.56 bits per heavy atom. The van der Waals surface area contributed by atoms with Crippen molar-refractivity contribution in [1.29, 1.82) is 0 Å². The van der Waals surface area contributed by atoms with Crippen LogP contribution in [-0.4, -0.2) is 40.2 Å². The first-order valence-electron chi connectivity index (χ1n) is 5.20. The molecule has 0 aliphatic carbocycles. The van der Waals surface area contributed by atoms with Crippen LogP contribution < -0.4 is 10.1 Å². The van der Waals surface area contributed by atoms with Crippen LogP contribution in [0.1, 0.15) is 23.8 Å². The molecule has 0 radical (unpaired) electrons. The Bertz CT molecular complexity index is 461. The molecule has 98 valence electrons. The number of ether oxygens (including phenoxy) is 1. The third kappa shape index (κ3) is 3.34. The smallest absolute Gasteiger partial charge is 0.305 e. The normalized spacial score (nSPS) is 11.7. The number of carbonyl (C=O) groups is 2. The van der Waals surface area contributed by atoms with E-state index in [-0.39, 0.29) is 23.6 Å². The Balaban J connectivity index is 2.81. The molecule has 1 heterocycles. The minimum absolute atomic E-state index is 0.126. The lowest BCUT2D eigenvalue weighted by Crippen LogP contribution is -2.34. The zero-order valence-corrected chi connectivity index (χ0v) is 10.0. The summed E-state index contributed by atoms with van der Waals surface area (Å²) in [6.45, 7) is 1.54. The monoisotopic (exact) mass is 254 g/mol. The predicted octanol–water partition coefficient (Wildman–Crippen LogP) is 0.389. The van der Waals surface area contributed by atoms with Crippen LogP contribution in [0.15, 0.2) is 12.3 Å². The van der Waals surface area contributed by atoms with Crippen LogP contribution in [0.5, 0.6) is 11.5 Å². The van der Waals surface area contributed by atoms with Gasteiger partial charge in [-0.2, -0.15) is 0 Å². The number of aromatic nitrogens is 1. The number of hydrogen-bond donors (Lipinski definition) is 3. The van der Waals surface area contributed by atoms with Crippen LogP contribution in [0.3, 0.4) is 0 Å². The average molecular weight is 254 g/mol. The molecule has 1 aromatic heterocycles. The maximum absolute atomic E-state index is 11.7. The standard InChI is InChI=1S/C11H14N2O5/c1-6(5-8(14)15)13-11(17)9-10(16)7(18-2)3-4-12-9/h3-4,6,16H,5H2,1-2H3,(H,13,17)(H,14,15). The summed E-state index contributed by atoms with van der Waals surface area (Å²) in [7, 11) is 1.35. The predicted molar refractivity (Wildman–Crippen MR) is 61.6 cm³/mol. The summed E-state index contributed by atoms with van der Waals surface area (Å²) in [4.78, 5) is 25.9. The van der Waals surface area contributed by atoms with E-state index < -0.39 is 17.9 Å². The number of amides is 1. The van der Waals surface area contributed by atoms with Gasteiger partial charge in [-0.15, -0.1) is 0 Å². The summed E-state index contributed by atoms with van der Waals surface area (Å²) in [6, 6.07) is 0.842. The van der Waals surface area contributed by atoms with Crippen molar-refractivity contribution < 1.29 is 24.5 Å². The van der Waals surface area contributed by atoms with Crippen LogP contribution in [0.2, 0.25) is 0 Å². The molecule has 0 bridgehead atoms. The molecule has 1 rings (SSSR count). The summed E-state index contributed by atoms with van der Waals surface area (Å²) >= 11 is 0. The van der Waals surface area contributed by atoms with E-state index in [0.29, 0.717) is 0 Å². The lowest BCUT2D eigenvalue weighted by atomic mass is 10.2. The second-order valence-electron chi connectivity index (χ2n) is 3.68. The second-order valence-corrected chi connectivity index (χ2v) is 3.68. The number of aromatic hydroxyl groups is 1. The van der Waals surface area contributed by atoms with Crippen LogP contribution in [0.4, 0.5) is 0 Å². The largest absolute Gasteiger partial charge is 0.503 e. The number of aliphatic carboxylic acids is 1. The van der Waals surface area contributed by atoms with Gasteiger partial charge < -0.3 is 20.3 Å². The van der Waals surface area contributed by atoms with Crippen LogP contribution in [-0.2, 0) is 4.79 Å². The highest BCUT2D eigenvalue weighted by atomic mass is 16.5. The fraction of sp³-hybridized carbons (Fsp3) is 0.364. The molecule has 7 nitrogen and oxygen atoms in total. The highest BCUT2D eigenvalue weighted by molar-refractivity contribution is 5.95. The molecule has 0 fully saturated rings. The van der Waals surface area contributed by atoms with E-state index in [1.807, 2.05) is 0 Å². The first kappa shape index (κ1) is 13.8. The molecule has 0 saturated carbocycles. The van der Waals surface area contributed by atoms with E-state index in [1.54, 1.807) is 6.92 Å². The number of nitrogens with zero attached hydrogens (tertiary/aromatic N) is 1. The van der Waals surface area contributed by atoms with Crippen LogP contribution in [0.25, 0.3) is 0 Å². The Hall–Kier alpha value is -2.31. The Morgan fingerprint density at radius 2 is 2.22 bits per heavy atom. The maximum atomic E-state index is 11.7. The fourth-order valence-corrected chi connectivity index (χ4v) is 1.37. The van der Waals surface area contributed by atoms with Gasteiger partial charge in [0.2, 0.25) is 0 Å². The number of nitrogens with one attached hydrogen (secondary N) is 1. The van der Waals surface area contributed by atoms with Crippen molar-refractivity contribution in [3.05, 3.63) is 18.0 Å². The first-order valence-corrected chi connectivity index (χ1v) is 5.20. The third-order valence-corrected chi connectivity index (χ3v) is 2.18. The second kappa shape index (κ2) is 5.85. The number of methoxy groups -OCH3 is 1. The summed E-state index contributed by atoms with van der Waals surface area (Å²) < 4.78 is 4.84. The summed E-state index contributed by atoms with van der Waals surface area (Å²) in [5.74, 6) is -1.92. The molecule has 0 aliphatic rings. The van der Waals surface area contributed by atoms with Crippen molar-refractivity contribution >= 4 is 11.9 Å². The minimum atomic E-state index is -1.02. The van der Waals surface area contributed by atoms with Gasteiger partial charge in [0.25, 0.3) is 5.91 Å². The lowest BCUT2D eigenvalue weighted by Gasteiger charge is -2.12. The van der Waals surface area contributed by atoms with Gasteiger partial charge in [-0.3, -0.25) is 9.59 Å². The highest BCUT2D eigenvalue weighted by Gasteiger charge is 2.19. The van der Waals surface area contributed by atoms with Gasteiger partial charge in [-0.05, 0) is 6.92 Å². The van der Waals surface area contributed by atoms with Crippen LogP contribution in [0, 0.1) is 0 Å². The zero-order chi connectivity index (χ0) is 13.7. The summed E-state index contributed by atoms with van der Waals surface area (Å²) in [5.41, 5.74) is -0.202. The van der Waals surface area contributed by atoms with Gasteiger partial charge >= 0.3 is 5.97 Å². The summed E-state index contributed by atoms with van der Waals surface area (Å²) in [5, 5.41) is 20.7. The Labute approximate surface area is 103 Å². The number of carboxylic acids is 1. The van der Waals surface area contributed by atoms with E-state index in [4.69, 9.17) is 9.84 Å². The Kier molecular flexibility index (Phi) is 4.47. The zero-order valence-electron chi connectivity index (χ0n) is 10.0. The quantitative estimate of drug-likeness (QED) is 0.701. The third-order valence-electron chi connectivity index (χ3n) is 2.18. The molecule has 1 atom stereocenters. The molecule has 0 aromatic carbocycles. The fourth-order valence-electron chi connectivity index (χ4n) is 1.37. The van der Waals surface area contributed by atoms with Gasteiger partial charge in [0, 0.05) is 18.3 Å². The van der Waals surface area contributed by atoms with E-state index in [2.05, 4.69) is 10.3 Å². The molecule has 3 N–H and O–H groups in total. The van der Waals surface area contributed by atoms with Crippen molar-refractivity contribution in [3.63, 3.8) is 0 Å². The van der Waals surface area contributed by atoms with Gasteiger partial charge in [0.1, 0.15) is 0 Å². The van der Waals surface area contributed by atoms with Gasteiger partial charge in [0.15, 0.2) is 17.2 Å². The molecule has 7 heteroatoms. The molecular formula is C11H14N2O5. The topological polar surface area (TPSA) is 109 Å². The van der Waals surface area contributed by atoms with Gasteiger partial charge in [0.05, 0.1) is 13.5 Å². The summed E-state index contributed by atoms with van der Waals surface area (Å²) in [6.07, 6.45) is 1.10. The molecular weight excluding hydrogens is 240 g/mol. The van der Waals surface area contributed by atoms with E-state index in [9.17, 15) is 14.7 Å². The van der Waals surface area contributed by atoms with Crippen molar-refractivity contribution in [2.24, 2.45) is 0 Å². The van der Waals surface area contributed by atoms with Gasteiger partial charge in [-0.1, -0.05) is 0 Å². The molecule has 1 unspecified atom stereocenters. The van der Waals surface area contributed by atoms with Crippen molar-refractivity contribution in [3.8, 4) is 11.5 Å². The van der Waals surface area contributed by atoms with E-state index in [0.717, 1.165) is 0 Å². The number of rotatable bonds is 5. The molecule has 0 spiro atoms. The van der Waals surface area contributed by atoms with Crippen molar-refractivity contribution in [2.75, 3.05) is 7.11 Å². The van der Waals surface area contributed by atoms with E-state index in [1.165, 1.54) is 19.4 Å². The lowest BCUT2D eigenvalue weighted by molar-refractivity contribution is -0.137. The Morgan fingerprint density at radius 3 is 2.78 bits per heavy atom. The molecule has 18 heavy (non-hydrogen) atoms. The molecule has 1 amide bonds. The highest BCUT2D eigenvalue weighted by Crippen LogP contribution is 2.27.